The van der Waals surface area contributed by atoms with Crippen LogP contribution in [0.3, 0.4) is 0 Å². The summed E-state index contributed by atoms with van der Waals surface area (Å²) in [5.74, 6) is 0.635. The van der Waals surface area contributed by atoms with Crippen molar-refractivity contribution in [1.82, 2.24) is 14.5 Å². The summed E-state index contributed by atoms with van der Waals surface area (Å²) in [6.45, 7) is 0. The first kappa shape index (κ1) is 35.2. The van der Waals surface area contributed by atoms with Gasteiger partial charge in [-0.15, -0.1) is 0 Å². The quantitative estimate of drug-likeness (QED) is 0.168. The van der Waals surface area contributed by atoms with Gasteiger partial charge in [-0.05, 0) is 100 Å². The summed E-state index contributed by atoms with van der Waals surface area (Å²) < 4.78 is 15.7. The van der Waals surface area contributed by atoms with Gasteiger partial charge < -0.3 is 13.4 Å². The molecule has 4 heterocycles. The van der Waals surface area contributed by atoms with E-state index in [-0.39, 0.29) is 0 Å². The second kappa shape index (κ2) is 14.0. The van der Waals surface area contributed by atoms with Crippen molar-refractivity contribution in [3.63, 3.8) is 0 Å². The fourth-order valence-electron chi connectivity index (χ4n) is 9.44. The van der Waals surface area contributed by atoms with Crippen molar-refractivity contribution >= 4 is 65.8 Å². The van der Waals surface area contributed by atoms with Gasteiger partial charge in [0.25, 0.3) is 0 Å². The maximum absolute atomic E-state index is 6.72. The molecule has 0 N–H and O–H groups in total. The highest BCUT2D eigenvalue weighted by Gasteiger charge is 2.23. The SMILES string of the molecule is c1ccc(-c2ccc3oc4c(-c5cccc6oc7ccc(-c8cccc(-c9ccc%10c(c9)c9ccccc9n%10-c9ccccc9)c8)cc7c56)nc(-c5ccccc5)nc4c3c2)cc1. The number of hydrogen-bond donors (Lipinski definition) is 0. The van der Waals surface area contributed by atoms with Gasteiger partial charge in [0, 0.05) is 43.7 Å². The second-order valence-electron chi connectivity index (χ2n) is 16.1. The Morgan fingerprint density at radius 1 is 0.349 bits per heavy atom. The van der Waals surface area contributed by atoms with E-state index in [1.165, 1.54) is 27.4 Å². The van der Waals surface area contributed by atoms with Crippen LogP contribution in [0.1, 0.15) is 0 Å². The van der Waals surface area contributed by atoms with Crippen molar-refractivity contribution in [1.29, 1.82) is 0 Å². The molecule has 13 rings (SSSR count). The largest absolute Gasteiger partial charge is 0.456 e. The molecule has 9 aromatic carbocycles. The maximum atomic E-state index is 6.72. The highest BCUT2D eigenvalue weighted by atomic mass is 16.3. The molecule has 0 saturated carbocycles. The van der Waals surface area contributed by atoms with Crippen LogP contribution in [0.15, 0.2) is 221 Å². The zero-order valence-corrected chi connectivity index (χ0v) is 33.9. The molecule has 0 saturated heterocycles. The lowest BCUT2D eigenvalue weighted by Gasteiger charge is -2.09. The smallest absolute Gasteiger partial charge is 0.180 e. The van der Waals surface area contributed by atoms with E-state index in [0.29, 0.717) is 11.4 Å². The molecular formula is C58H35N3O2. The number of nitrogens with zero attached hydrogens (tertiary/aromatic N) is 3. The number of benzene rings is 9. The Bertz CT molecular complexity index is 3900. The van der Waals surface area contributed by atoms with Crippen LogP contribution in [0.25, 0.3) is 128 Å². The van der Waals surface area contributed by atoms with Gasteiger partial charge in [0.1, 0.15) is 28.0 Å². The normalized spacial score (nSPS) is 11.8. The van der Waals surface area contributed by atoms with Gasteiger partial charge in [-0.25, -0.2) is 9.97 Å². The van der Waals surface area contributed by atoms with E-state index in [0.717, 1.165) is 88.7 Å². The van der Waals surface area contributed by atoms with Crippen molar-refractivity contribution in [2.45, 2.75) is 0 Å². The molecule has 0 unspecified atom stereocenters. The topological polar surface area (TPSA) is 57.0 Å². The maximum Gasteiger partial charge on any atom is 0.180 e. The van der Waals surface area contributed by atoms with Gasteiger partial charge in [-0.3, -0.25) is 0 Å². The Kier molecular flexibility index (Phi) is 7.84. The molecular weight excluding hydrogens is 771 g/mol. The van der Waals surface area contributed by atoms with Gasteiger partial charge in [0.15, 0.2) is 11.4 Å². The highest BCUT2D eigenvalue weighted by molar-refractivity contribution is 6.17. The molecule has 0 bridgehead atoms. The van der Waals surface area contributed by atoms with Crippen LogP contribution in [0, 0.1) is 0 Å². The van der Waals surface area contributed by atoms with Crippen LogP contribution >= 0.6 is 0 Å². The van der Waals surface area contributed by atoms with Crippen molar-refractivity contribution in [3.05, 3.63) is 212 Å². The van der Waals surface area contributed by atoms with E-state index in [2.05, 4.69) is 174 Å². The number of rotatable bonds is 6. The van der Waals surface area contributed by atoms with Crippen LogP contribution in [0.4, 0.5) is 0 Å². The van der Waals surface area contributed by atoms with Crippen molar-refractivity contribution in [2.75, 3.05) is 0 Å². The van der Waals surface area contributed by atoms with Crippen molar-refractivity contribution < 1.29 is 8.83 Å². The molecule has 0 aliphatic carbocycles. The molecule has 4 aromatic heterocycles. The molecule has 13 aromatic rings. The lowest BCUT2D eigenvalue weighted by molar-refractivity contribution is 0.667. The Morgan fingerprint density at radius 2 is 0.921 bits per heavy atom. The molecule has 0 atom stereocenters. The van der Waals surface area contributed by atoms with Gasteiger partial charge >= 0.3 is 0 Å². The number of hydrogen-bond acceptors (Lipinski definition) is 4. The summed E-state index contributed by atoms with van der Waals surface area (Å²) >= 11 is 0. The van der Waals surface area contributed by atoms with Crippen LogP contribution in [0.5, 0.6) is 0 Å². The third kappa shape index (κ3) is 5.71. The molecule has 5 heteroatoms. The standard InChI is InChI=1S/C58H35N3O2/c1-4-14-36(15-5-1)40-27-31-52-48(35-40)56-57(63-52)55(59-58(60-56)37-16-6-2-7-17-37)45-23-13-25-53-54(45)47-34-42(28-30-51(47)62-53)39-19-12-18-38(32-39)41-26-29-50-46(33-41)44-22-10-11-24-49(44)61(50)43-20-8-3-9-21-43/h1-35H. The molecule has 0 amide bonds. The average molecular weight is 806 g/mol. The van der Waals surface area contributed by atoms with E-state index >= 15 is 0 Å². The first-order valence-electron chi connectivity index (χ1n) is 21.2. The number of aromatic nitrogens is 3. The fourth-order valence-corrected chi connectivity index (χ4v) is 9.44. The third-order valence-corrected chi connectivity index (χ3v) is 12.4. The number of furan rings is 2. The molecule has 0 aliphatic heterocycles. The van der Waals surface area contributed by atoms with E-state index in [4.69, 9.17) is 18.8 Å². The predicted octanol–water partition coefficient (Wildman–Crippen LogP) is 15.7. The summed E-state index contributed by atoms with van der Waals surface area (Å²) in [7, 11) is 0. The minimum atomic E-state index is 0.635. The van der Waals surface area contributed by atoms with E-state index in [1.807, 2.05) is 42.5 Å². The monoisotopic (exact) mass is 805 g/mol. The Hall–Kier alpha value is -8.54. The van der Waals surface area contributed by atoms with Crippen LogP contribution in [-0.2, 0) is 0 Å². The first-order valence-corrected chi connectivity index (χ1v) is 21.2. The summed E-state index contributed by atoms with van der Waals surface area (Å²) in [5.41, 5.74) is 16.7. The van der Waals surface area contributed by atoms with Crippen molar-refractivity contribution in [2.24, 2.45) is 0 Å². The van der Waals surface area contributed by atoms with Crippen LogP contribution < -0.4 is 0 Å². The zero-order chi connectivity index (χ0) is 41.4. The lowest BCUT2D eigenvalue weighted by atomic mass is 9.96. The summed E-state index contributed by atoms with van der Waals surface area (Å²) in [6.07, 6.45) is 0. The minimum Gasteiger partial charge on any atom is -0.456 e. The molecule has 0 spiro atoms. The molecule has 0 radical (unpaired) electrons. The molecule has 0 aliphatic rings. The Labute approximate surface area is 361 Å². The number of fused-ring (bicyclic) bond motifs is 9. The third-order valence-electron chi connectivity index (χ3n) is 12.4. The van der Waals surface area contributed by atoms with E-state index in [1.54, 1.807) is 0 Å². The highest BCUT2D eigenvalue weighted by Crippen LogP contribution is 2.43. The van der Waals surface area contributed by atoms with Crippen LogP contribution in [0.2, 0.25) is 0 Å². The first-order chi connectivity index (χ1) is 31.2. The van der Waals surface area contributed by atoms with E-state index < -0.39 is 0 Å². The second-order valence-corrected chi connectivity index (χ2v) is 16.1. The fraction of sp³-hybridized carbons (Fsp3) is 0. The Morgan fingerprint density at radius 3 is 1.70 bits per heavy atom. The molecule has 0 fully saturated rings. The lowest BCUT2D eigenvalue weighted by Crippen LogP contribution is -1.94. The summed E-state index contributed by atoms with van der Waals surface area (Å²) in [5, 5.41) is 5.40. The molecule has 294 valence electrons. The molecule has 5 nitrogen and oxygen atoms in total. The average Bonchev–Trinajstić information content (AvgIpc) is 4.03. The van der Waals surface area contributed by atoms with Gasteiger partial charge in [0.2, 0.25) is 0 Å². The minimum absolute atomic E-state index is 0.635. The van der Waals surface area contributed by atoms with E-state index in [9.17, 15) is 0 Å². The summed E-state index contributed by atoms with van der Waals surface area (Å²) in [4.78, 5) is 10.5. The Balaban J connectivity index is 0.963. The predicted molar refractivity (Wildman–Crippen MR) is 258 cm³/mol. The molecule has 63 heavy (non-hydrogen) atoms. The number of para-hydroxylation sites is 2. The van der Waals surface area contributed by atoms with Gasteiger partial charge in [0.05, 0.1) is 11.0 Å². The van der Waals surface area contributed by atoms with Crippen molar-refractivity contribution in [3.8, 4) is 61.7 Å². The van der Waals surface area contributed by atoms with Gasteiger partial charge in [-0.2, -0.15) is 0 Å². The van der Waals surface area contributed by atoms with Crippen LogP contribution in [-0.4, -0.2) is 14.5 Å². The zero-order valence-electron chi connectivity index (χ0n) is 33.9. The van der Waals surface area contributed by atoms with Gasteiger partial charge in [-0.1, -0.05) is 146 Å². The summed E-state index contributed by atoms with van der Waals surface area (Å²) in [6, 6.07) is 74.5.